The van der Waals surface area contributed by atoms with Gasteiger partial charge in [-0.05, 0) is 128 Å². The Kier molecular flexibility index (Phi) is 6.35. The highest BCUT2D eigenvalue weighted by Crippen LogP contribution is 2.63. The SMILES string of the molecule is C=C1/C=C\C=C/COc2cc3c(cc21)C1(c2ccccc2-c2ccc(/C(C)=C(/C=C\N)C4=CC=CNC4)cc21)c1ccccc1-3. The predicted molar refractivity (Wildman–Crippen MR) is 187 cm³/mol. The molecule has 45 heavy (non-hydrogen) atoms. The molecule has 0 saturated carbocycles. The summed E-state index contributed by atoms with van der Waals surface area (Å²) in [4.78, 5) is 0. The van der Waals surface area contributed by atoms with E-state index in [1.54, 1.807) is 6.20 Å². The second-order valence-electron chi connectivity index (χ2n) is 11.9. The molecule has 0 fully saturated rings. The molecule has 3 heteroatoms. The molecule has 0 bridgehead atoms. The average molecular weight is 583 g/mol. The van der Waals surface area contributed by atoms with E-state index in [1.165, 1.54) is 61.2 Å². The van der Waals surface area contributed by atoms with Crippen LogP contribution in [0.1, 0.15) is 40.3 Å². The molecule has 0 saturated heterocycles. The van der Waals surface area contributed by atoms with Crippen molar-refractivity contribution in [2.24, 2.45) is 5.73 Å². The van der Waals surface area contributed by atoms with Crippen LogP contribution in [0.5, 0.6) is 5.75 Å². The molecule has 4 aromatic rings. The van der Waals surface area contributed by atoms with Crippen LogP contribution in [0.4, 0.5) is 0 Å². The topological polar surface area (TPSA) is 47.3 Å². The first-order valence-electron chi connectivity index (χ1n) is 15.5. The molecule has 3 N–H and O–H groups in total. The Balaban J connectivity index is 1.44. The number of benzene rings is 4. The van der Waals surface area contributed by atoms with Gasteiger partial charge in [0.05, 0.1) is 5.41 Å². The normalized spacial score (nSPS) is 20.7. The molecule has 0 radical (unpaired) electrons. The van der Waals surface area contributed by atoms with Crippen molar-refractivity contribution in [3.05, 3.63) is 185 Å². The van der Waals surface area contributed by atoms with E-state index in [4.69, 9.17) is 10.5 Å². The second kappa shape index (κ2) is 10.6. The number of hydrogen-bond acceptors (Lipinski definition) is 3. The van der Waals surface area contributed by atoms with Crippen LogP contribution in [-0.2, 0) is 5.41 Å². The standard InChI is InChI=1S/C42H34N2O/c1-27-11-4-3-9-22-45-41-25-36-33-14-6-8-16-38(33)42(40(36)24-35(27)41)37-15-7-5-13-32(37)34-18-17-29(23-39(34)42)28(2)31(19-20-43)30-12-10-21-44-26-30/h3-21,23-25,44H,1,22,26,43H2,2H3/b9-3-,11-4-,20-19-,31-28-. The second-order valence-corrected chi connectivity index (χ2v) is 11.9. The lowest BCUT2D eigenvalue weighted by Gasteiger charge is -2.31. The molecule has 1 spiro atoms. The maximum Gasteiger partial charge on any atom is 0.128 e. The molecule has 4 aliphatic rings. The van der Waals surface area contributed by atoms with Crippen LogP contribution >= 0.6 is 0 Å². The van der Waals surface area contributed by atoms with Crippen LogP contribution in [0, 0.1) is 0 Å². The molecule has 0 aromatic heterocycles. The number of allylic oxidation sites excluding steroid dienone is 8. The van der Waals surface area contributed by atoms with E-state index in [1.807, 2.05) is 36.6 Å². The minimum Gasteiger partial charge on any atom is -0.489 e. The number of hydrogen-bond donors (Lipinski definition) is 2. The van der Waals surface area contributed by atoms with Gasteiger partial charge in [0.15, 0.2) is 0 Å². The first-order chi connectivity index (χ1) is 22.1. The molecule has 2 aliphatic heterocycles. The highest BCUT2D eigenvalue weighted by Gasteiger charge is 2.52. The zero-order valence-electron chi connectivity index (χ0n) is 25.3. The smallest absolute Gasteiger partial charge is 0.128 e. The van der Waals surface area contributed by atoms with Crippen molar-refractivity contribution in [1.82, 2.24) is 5.32 Å². The number of fused-ring (bicyclic) bond motifs is 11. The van der Waals surface area contributed by atoms with Gasteiger partial charge >= 0.3 is 0 Å². The summed E-state index contributed by atoms with van der Waals surface area (Å²) < 4.78 is 6.34. The molecule has 218 valence electrons. The lowest BCUT2D eigenvalue weighted by atomic mass is 9.70. The maximum absolute atomic E-state index is 6.34. The molecule has 1 unspecified atom stereocenters. The summed E-state index contributed by atoms with van der Waals surface area (Å²) in [5.41, 5.74) is 22.4. The van der Waals surface area contributed by atoms with Crippen molar-refractivity contribution in [2.75, 3.05) is 13.2 Å². The molecular formula is C42H34N2O. The van der Waals surface area contributed by atoms with Crippen molar-refractivity contribution >= 4 is 11.1 Å². The molecule has 8 rings (SSSR count). The Labute approximate surface area is 264 Å². The Bertz CT molecular complexity index is 2100. The van der Waals surface area contributed by atoms with E-state index >= 15 is 0 Å². The number of rotatable bonds is 3. The summed E-state index contributed by atoms with van der Waals surface area (Å²) in [6.07, 6.45) is 18.0. The molecular weight excluding hydrogens is 548 g/mol. The van der Waals surface area contributed by atoms with E-state index < -0.39 is 5.41 Å². The Morgan fingerprint density at radius 2 is 1.56 bits per heavy atom. The highest BCUT2D eigenvalue weighted by atomic mass is 16.5. The van der Waals surface area contributed by atoms with E-state index in [0.29, 0.717) is 6.61 Å². The van der Waals surface area contributed by atoms with Crippen LogP contribution in [0.2, 0.25) is 0 Å². The van der Waals surface area contributed by atoms with Crippen molar-refractivity contribution < 1.29 is 4.74 Å². The fourth-order valence-electron chi connectivity index (χ4n) is 7.67. The van der Waals surface area contributed by atoms with Gasteiger partial charge in [-0.3, -0.25) is 0 Å². The zero-order valence-corrected chi connectivity index (χ0v) is 25.3. The number of nitrogens with two attached hydrogens (primary N) is 1. The third kappa shape index (κ3) is 3.97. The van der Waals surface area contributed by atoms with Crippen molar-refractivity contribution in [1.29, 1.82) is 0 Å². The predicted octanol–water partition coefficient (Wildman–Crippen LogP) is 8.84. The van der Waals surface area contributed by atoms with Gasteiger partial charge in [0, 0.05) is 12.1 Å². The van der Waals surface area contributed by atoms with Gasteiger partial charge in [0.25, 0.3) is 0 Å². The van der Waals surface area contributed by atoms with Crippen molar-refractivity contribution in [2.45, 2.75) is 12.3 Å². The molecule has 1 atom stereocenters. The maximum atomic E-state index is 6.34. The van der Waals surface area contributed by atoms with Crippen LogP contribution in [-0.4, -0.2) is 13.2 Å². The molecule has 0 amide bonds. The summed E-state index contributed by atoms with van der Waals surface area (Å²) in [6, 6.07) is 29.4. The summed E-state index contributed by atoms with van der Waals surface area (Å²) in [6.45, 7) is 7.93. The number of dihydropyridines is 1. The van der Waals surface area contributed by atoms with E-state index in [2.05, 4.69) is 110 Å². The lowest BCUT2D eigenvalue weighted by Crippen LogP contribution is -2.26. The van der Waals surface area contributed by atoms with Gasteiger partial charge in [0.2, 0.25) is 0 Å². The summed E-state index contributed by atoms with van der Waals surface area (Å²) >= 11 is 0. The largest absolute Gasteiger partial charge is 0.489 e. The third-order valence-electron chi connectivity index (χ3n) is 9.67. The molecule has 2 heterocycles. The van der Waals surface area contributed by atoms with Gasteiger partial charge in [-0.2, -0.15) is 0 Å². The van der Waals surface area contributed by atoms with E-state index in [0.717, 1.165) is 29.0 Å². The van der Waals surface area contributed by atoms with Crippen molar-refractivity contribution in [3.8, 4) is 28.0 Å². The number of ether oxygens (including phenoxy) is 1. The molecule has 2 aliphatic carbocycles. The molecule has 3 nitrogen and oxygen atoms in total. The summed E-state index contributed by atoms with van der Waals surface area (Å²) in [5.74, 6) is 0.863. The fraction of sp³-hybridized carbons (Fsp3) is 0.0952. The van der Waals surface area contributed by atoms with Crippen LogP contribution in [0.15, 0.2) is 152 Å². The highest BCUT2D eigenvalue weighted by molar-refractivity contribution is 5.97. The van der Waals surface area contributed by atoms with Crippen LogP contribution in [0.3, 0.4) is 0 Å². The Morgan fingerprint density at radius 3 is 2.31 bits per heavy atom. The van der Waals surface area contributed by atoms with Gasteiger partial charge in [0.1, 0.15) is 12.4 Å². The third-order valence-corrected chi connectivity index (χ3v) is 9.67. The van der Waals surface area contributed by atoms with E-state index in [9.17, 15) is 0 Å². The monoisotopic (exact) mass is 582 g/mol. The summed E-state index contributed by atoms with van der Waals surface area (Å²) in [5, 5.41) is 3.35. The minimum absolute atomic E-state index is 0.484. The lowest BCUT2D eigenvalue weighted by molar-refractivity contribution is 0.362. The van der Waals surface area contributed by atoms with Crippen LogP contribution < -0.4 is 15.8 Å². The fourth-order valence-corrected chi connectivity index (χ4v) is 7.67. The van der Waals surface area contributed by atoms with E-state index in [-0.39, 0.29) is 0 Å². The number of nitrogens with one attached hydrogen (secondary N) is 1. The van der Waals surface area contributed by atoms with Gasteiger partial charge in [-0.1, -0.05) is 91.5 Å². The zero-order chi connectivity index (χ0) is 30.5. The van der Waals surface area contributed by atoms with Crippen molar-refractivity contribution in [3.63, 3.8) is 0 Å². The minimum atomic E-state index is -0.484. The van der Waals surface area contributed by atoms with Crippen LogP contribution in [0.25, 0.3) is 33.4 Å². The van der Waals surface area contributed by atoms with Gasteiger partial charge in [-0.25, -0.2) is 0 Å². The first kappa shape index (κ1) is 27.0. The Morgan fingerprint density at radius 1 is 0.822 bits per heavy atom. The van der Waals surface area contributed by atoms with Gasteiger partial charge in [-0.15, -0.1) is 0 Å². The average Bonchev–Trinajstić information content (AvgIpc) is 3.57. The summed E-state index contributed by atoms with van der Waals surface area (Å²) in [7, 11) is 0. The molecule has 4 aromatic carbocycles. The van der Waals surface area contributed by atoms with Gasteiger partial charge < -0.3 is 15.8 Å². The Hall–Kier alpha value is -5.54. The first-order valence-corrected chi connectivity index (χ1v) is 15.5. The quantitative estimate of drug-likeness (QED) is 0.205.